The molecule has 1 amide bonds. The number of hydrogen-bond donors (Lipinski definition) is 6. The third-order valence-electron chi connectivity index (χ3n) is 10.7. The molecule has 0 spiro atoms. The lowest BCUT2D eigenvalue weighted by molar-refractivity contribution is -0.302. The Balaban J connectivity index is 2.38. The second-order valence-corrected chi connectivity index (χ2v) is 15.8. The van der Waals surface area contributed by atoms with Gasteiger partial charge in [-0.2, -0.15) is 0 Å². The molecule has 9 nitrogen and oxygen atoms in total. The fraction of sp³-hybridized carbons (Fsp3) is 0.848. The van der Waals surface area contributed by atoms with Gasteiger partial charge < -0.3 is 40.3 Å². The van der Waals surface area contributed by atoms with Crippen molar-refractivity contribution in [3.05, 3.63) is 36.5 Å². The first kappa shape index (κ1) is 51.4. The molecule has 0 aromatic heterocycles. The van der Waals surface area contributed by atoms with Gasteiger partial charge >= 0.3 is 0 Å². The quantitative estimate of drug-likeness (QED) is 0.0270. The van der Waals surface area contributed by atoms with Gasteiger partial charge in [0, 0.05) is 6.42 Å². The molecule has 1 aliphatic rings. The van der Waals surface area contributed by atoms with Crippen molar-refractivity contribution in [3.63, 3.8) is 0 Å². The topological polar surface area (TPSA) is 149 Å². The predicted octanol–water partition coefficient (Wildman–Crippen LogP) is 9.28. The molecule has 0 aromatic rings. The first-order valence-corrected chi connectivity index (χ1v) is 22.7. The molecular formula is C46H85NO8. The Morgan fingerprint density at radius 1 is 0.600 bits per heavy atom. The Morgan fingerprint density at radius 2 is 1.04 bits per heavy atom. The van der Waals surface area contributed by atoms with Gasteiger partial charge in [-0.3, -0.25) is 4.79 Å². The summed E-state index contributed by atoms with van der Waals surface area (Å²) in [5.74, 6) is -0.193. The third-order valence-corrected chi connectivity index (χ3v) is 10.7. The number of rotatable bonds is 37. The standard InChI is InChI=1S/C46H85NO8/c1-3-5-7-9-11-13-15-17-19-20-21-22-24-26-28-30-32-34-36-42(50)47-39(38-54-46-45(53)44(52)43(51)41(37-48)55-46)40(49)35-33-31-29-27-25-23-18-16-14-12-10-8-6-4-2/h19-20,25,27,33,35,39-41,43-46,48-49,51-53H,3-18,21-24,26,28-32,34,36-38H2,1-2H3,(H,47,50)/b20-19-,27-25+,35-33+. The van der Waals surface area contributed by atoms with Gasteiger partial charge in [-0.25, -0.2) is 0 Å². The van der Waals surface area contributed by atoms with E-state index in [0.717, 1.165) is 51.4 Å². The van der Waals surface area contributed by atoms with Gasteiger partial charge in [0.25, 0.3) is 0 Å². The highest BCUT2D eigenvalue weighted by Crippen LogP contribution is 2.22. The highest BCUT2D eigenvalue weighted by Gasteiger charge is 2.44. The number of unbranched alkanes of at least 4 members (excludes halogenated alkanes) is 23. The summed E-state index contributed by atoms with van der Waals surface area (Å²) in [5, 5.41) is 54.1. The van der Waals surface area contributed by atoms with Gasteiger partial charge in [-0.1, -0.05) is 166 Å². The number of allylic oxidation sites excluding steroid dienone is 5. The minimum absolute atomic E-state index is 0.193. The second kappa shape index (κ2) is 36.7. The SMILES string of the molecule is CCCCCCCCC/C=C\CCCCCCCCCC(=O)NC(COC1OC(CO)C(O)C(O)C1O)C(O)/C=C/CC/C=C/CCCCCCCCCC. The number of aliphatic hydroxyl groups is 5. The first-order chi connectivity index (χ1) is 26.8. The number of carbonyl (C=O) groups is 1. The van der Waals surface area contributed by atoms with Gasteiger partial charge in [0.1, 0.15) is 24.4 Å². The molecular weight excluding hydrogens is 695 g/mol. The number of ether oxygens (including phenoxy) is 2. The van der Waals surface area contributed by atoms with Crippen LogP contribution < -0.4 is 5.32 Å². The molecule has 9 heteroatoms. The summed E-state index contributed by atoms with van der Waals surface area (Å²) in [6.45, 7) is 3.74. The summed E-state index contributed by atoms with van der Waals surface area (Å²) >= 11 is 0. The highest BCUT2D eigenvalue weighted by molar-refractivity contribution is 5.76. The zero-order valence-electron chi connectivity index (χ0n) is 35.2. The van der Waals surface area contributed by atoms with Crippen LogP contribution in [0.15, 0.2) is 36.5 Å². The van der Waals surface area contributed by atoms with Crippen molar-refractivity contribution in [1.29, 1.82) is 0 Å². The normalized spacial score (nSPS) is 21.6. The van der Waals surface area contributed by atoms with Crippen molar-refractivity contribution in [1.82, 2.24) is 5.32 Å². The Hall–Kier alpha value is -1.59. The molecule has 0 aliphatic carbocycles. The zero-order chi connectivity index (χ0) is 40.2. The van der Waals surface area contributed by atoms with Crippen LogP contribution in [0.2, 0.25) is 0 Å². The molecule has 1 saturated heterocycles. The molecule has 1 aliphatic heterocycles. The monoisotopic (exact) mass is 780 g/mol. The van der Waals surface area contributed by atoms with Gasteiger partial charge in [0.05, 0.1) is 25.4 Å². The van der Waals surface area contributed by atoms with Crippen LogP contribution >= 0.6 is 0 Å². The van der Waals surface area contributed by atoms with Crippen LogP contribution in [0, 0.1) is 0 Å². The minimum Gasteiger partial charge on any atom is -0.394 e. The molecule has 322 valence electrons. The van der Waals surface area contributed by atoms with Gasteiger partial charge in [0.15, 0.2) is 6.29 Å². The Kier molecular flexibility index (Phi) is 34.3. The van der Waals surface area contributed by atoms with E-state index in [1.807, 2.05) is 6.08 Å². The lowest BCUT2D eigenvalue weighted by Crippen LogP contribution is -2.60. The molecule has 0 aromatic carbocycles. The summed E-state index contributed by atoms with van der Waals surface area (Å²) in [5.41, 5.74) is 0. The largest absolute Gasteiger partial charge is 0.394 e. The molecule has 7 unspecified atom stereocenters. The molecule has 0 bridgehead atoms. The maximum atomic E-state index is 12.9. The van der Waals surface area contributed by atoms with E-state index in [1.54, 1.807) is 6.08 Å². The molecule has 6 N–H and O–H groups in total. The van der Waals surface area contributed by atoms with Crippen LogP contribution in [0.4, 0.5) is 0 Å². The van der Waals surface area contributed by atoms with E-state index >= 15 is 0 Å². The van der Waals surface area contributed by atoms with Crippen LogP contribution in [-0.2, 0) is 14.3 Å². The number of carbonyl (C=O) groups excluding carboxylic acids is 1. The van der Waals surface area contributed by atoms with Gasteiger partial charge in [0.2, 0.25) is 5.91 Å². The maximum Gasteiger partial charge on any atom is 0.220 e. The van der Waals surface area contributed by atoms with Crippen molar-refractivity contribution in [3.8, 4) is 0 Å². The second-order valence-electron chi connectivity index (χ2n) is 15.8. The van der Waals surface area contributed by atoms with Crippen molar-refractivity contribution in [2.24, 2.45) is 0 Å². The van der Waals surface area contributed by atoms with Gasteiger partial charge in [-0.05, 0) is 57.8 Å². The lowest BCUT2D eigenvalue weighted by atomic mass is 9.99. The maximum absolute atomic E-state index is 12.9. The first-order valence-electron chi connectivity index (χ1n) is 22.7. The summed E-state index contributed by atoms with van der Waals surface area (Å²) in [6.07, 6.45) is 37.6. The molecule has 7 atom stereocenters. The third kappa shape index (κ3) is 27.6. The smallest absolute Gasteiger partial charge is 0.220 e. The van der Waals surface area contributed by atoms with Crippen LogP contribution in [0.5, 0.6) is 0 Å². The average molecular weight is 780 g/mol. The predicted molar refractivity (Wildman–Crippen MR) is 226 cm³/mol. The lowest BCUT2D eigenvalue weighted by Gasteiger charge is -2.40. The summed E-state index contributed by atoms with van der Waals surface area (Å²) in [7, 11) is 0. The summed E-state index contributed by atoms with van der Waals surface area (Å²) in [6, 6.07) is -0.821. The average Bonchev–Trinajstić information content (AvgIpc) is 3.18. The Bertz CT molecular complexity index is 956. The summed E-state index contributed by atoms with van der Waals surface area (Å²) in [4.78, 5) is 12.9. The van der Waals surface area contributed by atoms with Crippen molar-refractivity contribution < 1.29 is 39.8 Å². The van der Waals surface area contributed by atoms with Gasteiger partial charge in [-0.15, -0.1) is 0 Å². The fourth-order valence-electron chi connectivity index (χ4n) is 6.99. The van der Waals surface area contributed by atoms with E-state index in [9.17, 15) is 30.3 Å². The van der Waals surface area contributed by atoms with E-state index in [1.165, 1.54) is 122 Å². The molecule has 1 heterocycles. The molecule has 0 saturated carbocycles. The van der Waals surface area contributed by atoms with Crippen molar-refractivity contribution >= 4 is 5.91 Å². The minimum atomic E-state index is -1.57. The van der Waals surface area contributed by atoms with Crippen molar-refractivity contribution in [2.45, 2.75) is 236 Å². The molecule has 55 heavy (non-hydrogen) atoms. The van der Waals surface area contributed by atoms with Crippen molar-refractivity contribution in [2.75, 3.05) is 13.2 Å². The van der Waals surface area contributed by atoms with Crippen LogP contribution in [0.25, 0.3) is 0 Å². The number of amides is 1. The van der Waals surface area contributed by atoms with Crippen LogP contribution in [0.1, 0.15) is 194 Å². The van der Waals surface area contributed by atoms with E-state index < -0.39 is 49.5 Å². The molecule has 1 fully saturated rings. The Labute approximate surface area is 336 Å². The molecule has 1 rings (SSSR count). The number of nitrogens with one attached hydrogen (secondary N) is 1. The number of aliphatic hydroxyl groups excluding tert-OH is 5. The fourth-order valence-corrected chi connectivity index (χ4v) is 6.99. The van der Waals surface area contributed by atoms with E-state index in [0.29, 0.717) is 6.42 Å². The highest BCUT2D eigenvalue weighted by atomic mass is 16.7. The van der Waals surface area contributed by atoms with Crippen LogP contribution in [-0.4, -0.2) is 87.5 Å². The zero-order valence-corrected chi connectivity index (χ0v) is 35.2. The van der Waals surface area contributed by atoms with Crippen LogP contribution in [0.3, 0.4) is 0 Å². The van der Waals surface area contributed by atoms with E-state index in [2.05, 4.69) is 43.5 Å². The van der Waals surface area contributed by atoms with E-state index in [4.69, 9.17) is 9.47 Å². The number of hydrogen-bond acceptors (Lipinski definition) is 8. The Morgan fingerprint density at radius 3 is 1.53 bits per heavy atom. The molecule has 0 radical (unpaired) electrons. The van der Waals surface area contributed by atoms with E-state index in [-0.39, 0.29) is 12.5 Å². The summed E-state index contributed by atoms with van der Waals surface area (Å²) < 4.78 is 11.2.